The van der Waals surface area contributed by atoms with E-state index in [0.29, 0.717) is 6.04 Å². The molecule has 0 aliphatic heterocycles. The fourth-order valence-corrected chi connectivity index (χ4v) is 2.35. The Morgan fingerprint density at radius 1 is 1.37 bits per heavy atom. The van der Waals surface area contributed by atoms with Crippen LogP contribution in [-0.2, 0) is 19.4 Å². The Hall–Kier alpha value is -0.870. The number of aryl methyl sites for hydroxylation is 2. The van der Waals surface area contributed by atoms with Gasteiger partial charge in [0.2, 0.25) is 0 Å². The predicted octanol–water partition coefficient (Wildman–Crippen LogP) is 1.94. The largest absolute Gasteiger partial charge is 0.315 e. The highest BCUT2D eigenvalue weighted by Crippen LogP contribution is 2.20. The maximum atomic E-state index is 4.64. The number of hydrogen-bond donors (Lipinski definition) is 1. The molecule has 0 fully saturated rings. The molecule has 1 atom stereocenters. The fourth-order valence-electron chi connectivity index (χ4n) is 2.35. The van der Waals surface area contributed by atoms with Crippen molar-refractivity contribution in [2.45, 2.75) is 58.7 Å². The highest BCUT2D eigenvalue weighted by Gasteiger charge is 2.31. The summed E-state index contributed by atoms with van der Waals surface area (Å²) in [5, 5.41) is 8.10. The minimum Gasteiger partial charge on any atom is -0.315 e. The minimum absolute atomic E-state index is 0.101. The second kappa shape index (κ2) is 6.53. The number of nitrogens with one attached hydrogen (secondary N) is 1. The molecule has 0 saturated carbocycles. The molecule has 0 amide bonds. The van der Waals surface area contributed by atoms with Gasteiger partial charge in [0.15, 0.2) is 0 Å². The molecule has 1 heterocycles. The van der Waals surface area contributed by atoms with Gasteiger partial charge in [0, 0.05) is 30.2 Å². The second-order valence-electron chi connectivity index (χ2n) is 5.89. The van der Waals surface area contributed by atoms with Crippen LogP contribution in [0.5, 0.6) is 0 Å². The maximum Gasteiger partial charge on any atom is 0.0624 e. The first kappa shape index (κ1) is 16.2. The Labute approximate surface area is 118 Å². The average molecular weight is 266 g/mol. The summed E-state index contributed by atoms with van der Waals surface area (Å²) in [5.74, 6) is 0. The SMILES string of the molecule is CCc1cc(CC(NC)C(C)(C)N(C)C)n(CC)n1. The molecule has 1 unspecified atom stereocenters. The third-order valence-corrected chi connectivity index (χ3v) is 4.34. The smallest absolute Gasteiger partial charge is 0.0624 e. The first-order valence-corrected chi connectivity index (χ1v) is 7.27. The molecular formula is C15H30N4. The van der Waals surface area contributed by atoms with Crippen molar-refractivity contribution in [3.05, 3.63) is 17.5 Å². The van der Waals surface area contributed by atoms with Crippen molar-refractivity contribution in [2.75, 3.05) is 21.1 Å². The van der Waals surface area contributed by atoms with E-state index in [9.17, 15) is 0 Å². The molecule has 110 valence electrons. The van der Waals surface area contributed by atoms with E-state index in [-0.39, 0.29) is 5.54 Å². The summed E-state index contributed by atoms with van der Waals surface area (Å²) in [7, 11) is 6.32. The second-order valence-corrected chi connectivity index (χ2v) is 5.89. The Balaban J connectivity index is 2.95. The van der Waals surface area contributed by atoms with Gasteiger partial charge in [0.25, 0.3) is 0 Å². The third kappa shape index (κ3) is 3.57. The summed E-state index contributed by atoms with van der Waals surface area (Å²) in [6, 6.07) is 2.65. The van der Waals surface area contributed by atoms with Crippen molar-refractivity contribution in [3.63, 3.8) is 0 Å². The van der Waals surface area contributed by atoms with Crippen LogP contribution < -0.4 is 5.32 Å². The molecule has 0 saturated heterocycles. The van der Waals surface area contributed by atoms with Gasteiger partial charge >= 0.3 is 0 Å². The lowest BCUT2D eigenvalue weighted by molar-refractivity contribution is 0.140. The molecule has 1 N–H and O–H groups in total. The first-order chi connectivity index (χ1) is 8.86. The van der Waals surface area contributed by atoms with Gasteiger partial charge < -0.3 is 10.2 Å². The Morgan fingerprint density at radius 2 is 2.00 bits per heavy atom. The Kier molecular flexibility index (Phi) is 5.56. The van der Waals surface area contributed by atoms with Crippen LogP contribution >= 0.6 is 0 Å². The van der Waals surface area contributed by atoms with Crippen LogP contribution in [0.1, 0.15) is 39.1 Å². The van der Waals surface area contributed by atoms with Crippen molar-refractivity contribution < 1.29 is 0 Å². The van der Waals surface area contributed by atoms with E-state index in [1.165, 1.54) is 11.4 Å². The van der Waals surface area contributed by atoms with Crippen LogP contribution in [0, 0.1) is 0 Å². The van der Waals surface area contributed by atoms with Crippen LogP contribution in [0.15, 0.2) is 6.07 Å². The van der Waals surface area contributed by atoms with Crippen molar-refractivity contribution in [2.24, 2.45) is 0 Å². The number of hydrogen-bond acceptors (Lipinski definition) is 3. The zero-order valence-electron chi connectivity index (χ0n) is 13.6. The maximum absolute atomic E-state index is 4.64. The van der Waals surface area contributed by atoms with E-state index in [2.05, 4.69) is 67.9 Å². The van der Waals surface area contributed by atoms with Crippen molar-refractivity contribution in [3.8, 4) is 0 Å². The molecule has 0 aliphatic carbocycles. The summed E-state index contributed by atoms with van der Waals surface area (Å²) in [6.07, 6.45) is 2.00. The van der Waals surface area contributed by atoms with E-state index in [1.54, 1.807) is 0 Å². The molecule has 0 aliphatic rings. The summed E-state index contributed by atoms with van der Waals surface area (Å²) in [4.78, 5) is 2.28. The zero-order valence-corrected chi connectivity index (χ0v) is 13.6. The number of rotatable bonds is 7. The van der Waals surface area contributed by atoms with Gasteiger partial charge in [-0.25, -0.2) is 0 Å². The van der Waals surface area contributed by atoms with Gasteiger partial charge in [-0.15, -0.1) is 0 Å². The zero-order chi connectivity index (χ0) is 14.6. The molecule has 4 nitrogen and oxygen atoms in total. The van der Waals surface area contributed by atoms with E-state index < -0.39 is 0 Å². The molecule has 1 aromatic heterocycles. The number of likely N-dealkylation sites (N-methyl/N-ethyl adjacent to an activating group) is 2. The summed E-state index contributed by atoms with van der Waals surface area (Å²) in [6.45, 7) is 9.81. The van der Waals surface area contributed by atoms with Gasteiger partial charge in [-0.05, 0) is 54.4 Å². The van der Waals surface area contributed by atoms with Gasteiger partial charge in [-0.1, -0.05) is 6.92 Å². The highest BCUT2D eigenvalue weighted by molar-refractivity contribution is 5.13. The van der Waals surface area contributed by atoms with Crippen LogP contribution in [0.2, 0.25) is 0 Å². The molecule has 0 radical (unpaired) electrons. The highest BCUT2D eigenvalue weighted by atomic mass is 15.3. The summed E-state index contributed by atoms with van der Waals surface area (Å²) >= 11 is 0. The summed E-state index contributed by atoms with van der Waals surface area (Å²) in [5.41, 5.74) is 2.62. The molecule has 0 bridgehead atoms. The lowest BCUT2D eigenvalue weighted by Gasteiger charge is -2.40. The van der Waals surface area contributed by atoms with E-state index in [1.807, 2.05) is 7.05 Å². The summed E-state index contributed by atoms with van der Waals surface area (Å²) < 4.78 is 2.13. The molecule has 1 rings (SSSR count). The first-order valence-electron chi connectivity index (χ1n) is 7.27. The Bertz CT molecular complexity index is 393. The topological polar surface area (TPSA) is 33.1 Å². The fraction of sp³-hybridized carbons (Fsp3) is 0.800. The Morgan fingerprint density at radius 3 is 2.42 bits per heavy atom. The van der Waals surface area contributed by atoms with E-state index in [4.69, 9.17) is 0 Å². The molecule has 0 aromatic carbocycles. The van der Waals surface area contributed by atoms with Crippen molar-refractivity contribution in [1.82, 2.24) is 20.0 Å². The van der Waals surface area contributed by atoms with Gasteiger partial charge in [-0.2, -0.15) is 5.10 Å². The van der Waals surface area contributed by atoms with E-state index >= 15 is 0 Å². The van der Waals surface area contributed by atoms with Crippen molar-refractivity contribution >= 4 is 0 Å². The standard InChI is InChI=1S/C15H30N4/c1-8-12-10-13(19(9-2)17-12)11-14(16-5)15(3,4)18(6)7/h10,14,16H,8-9,11H2,1-7H3. The molecule has 1 aromatic rings. The normalized spacial score (nSPS) is 14.1. The average Bonchev–Trinajstić information content (AvgIpc) is 2.77. The molecule has 19 heavy (non-hydrogen) atoms. The molecule has 0 spiro atoms. The number of nitrogens with zero attached hydrogens (tertiary/aromatic N) is 3. The molecule has 4 heteroatoms. The van der Waals surface area contributed by atoms with Crippen molar-refractivity contribution in [1.29, 1.82) is 0 Å². The van der Waals surface area contributed by atoms with Gasteiger partial charge in [0.05, 0.1) is 5.69 Å². The lowest BCUT2D eigenvalue weighted by Crippen LogP contribution is -2.55. The van der Waals surface area contributed by atoms with Crippen LogP contribution in [0.3, 0.4) is 0 Å². The minimum atomic E-state index is 0.101. The van der Waals surface area contributed by atoms with Gasteiger partial charge in [-0.3, -0.25) is 4.68 Å². The predicted molar refractivity (Wildman–Crippen MR) is 81.6 cm³/mol. The van der Waals surface area contributed by atoms with Crippen LogP contribution in [0.4, 0.5) is 0 Å². The molecular weight excluding hydrogens is 236 g/mol. The van der Waals surface area contributed by atoms with Crippen LogP contribution in [0.25, 0.3) is 0 Å². The van der Waals surface area contributed by atoms with E-state index in [0.717, 1.165) is 19.4 Å². The third-order valence-electron chi connectivity index (χ3n) is 4.34. The van der Waals surface area contributed by atoms with Gasteiger partial charge in [0.1, 0.15) is 0 Å². The lowest BCUT2D eigenvalue weighted by atomic mass is 9.89. The monoisotopic (exact) mass is 266 g/mol. The number of aromatic nitrogens is 2. The quantitative estimate of drug-likeness (QED) is 0.819. The van der Waals surface area contributed by atoms with Crippen LogP contribution in [-0.4, -0.2) is 47.4 Å².